The van der Waals surface area contributed by atoms with Crippen molar-refractivity contribution in [3.05, 3.63) is 71.3 Å². The Morgan fingerprint density at radius 1 is 0.964 bits per heavy atom. The van der Waals surface area contributed by atoms with Gasteiger partial charge in [0, 0.05) is 24.8 Å². The van der Waals surface area contributed by atoms with Crippen LogP contribution in [0, 0.1) is 0 Å². The third-order valence-corrected chi connectivity index (χ3v) is 5.82. The predicted octanol–water partition coefficient (Wildman–Crippen LogP) is 1.81. The molecular weight excluding hydrogens is 431 g/mol. The number of rotatable bonds is 7. The number of likely N-dealkylation sites (tertiary alicyclic amines) is 1. The lowest BCUT2D eigenvalue weighted by Gasteiger charge is -2.40. The van der Waals surface area contributed by atoms with Crippen LogP contribution < -0.4 is 17.0 Å². The van der Waals surface area contributed by atoms with Crippen molar-refractivity contribution in [1.82, 2.24) is 0 Å². The van der Waals surface area contributed by atoms with Crippen molar-refractivity contribution in [2.24, 2.45) is 0 Å². The molecule has 0 aliphatic carbocycles. The first-order chi connectivity index (χ1) is 12.9. The minimum absolute atomic E-state index is 0. The number of aliphatic hydroxyl groups excluding tert-OH is 1. The first kappa shape index (κ1) is 22.9. The average Bonchev–Trinajstić information content (AvgIpc) is 3.05. The van der Waals surface area contributed by atoms with Gasteiger partial charge in [-0.25, -0.2) is 0 Å². The number of quaternary nitrogens is 1. The standard InChI is InChI=1S/C22H27F3NO.BrH/c23-22(24,25)20-12-10-19(11-13-20)16-26(15-5-9-21(26)17-27)14-4-8-18-6-2-1-3-7-18;/h1-3,6-7,10-13,21,27H,4-5,8-9,14-17H2;1H/q+1;/p-1/t21-,26?;/m0./s1. The minimum Gasteiger partial charge on any atom is -1.00 e. The number of benzene rings is 2. The van der Waals surface area contributed by atoms with Crippen LogP contribution in [0.5, 0.6) is 0 Å². The Bertz CT molecular complexity index is 721. The molecule has 1 heterocycles. The quantitative estimate of drug-likeness (QED) is 0.628. The summed E-state index contributed by atoms with van der Waals surface area (Å²) >= 11 is 0. The molecule has 0 radical (unpaired) electrons. The molecule has 0 amide bonds. The van der Waals surface area contributed by atoms with E-state index in [0.29, 0.717) is 6.54 Å². The van der Waals surface area contributed by atoms with Gasteiger partial charge in [-0.15, -0.1) is 0 Å². The molecule has 154 valence electrons. The van der Waals surface area contributed by atoms with Gasteiger partial charge in [0.05, 0.1) is 25.3 Å². The van der Waals surface area contributed by atoms with Gasteiger partial charge in [-0.2, -0.15) is 13.2 Å². The van der Waals surface area contributed by atoms with Crippen LogP contribution in [0.4, 0.5) is 13.2 Å². The summed E-state index contributed by atoms with van der Waals surface area (Å²) in [5.74, 6) is 0. The van der Waals surface area contributed by atoms with Crippen molar-refractivity contribution in [3.63, 3.8) is 0 Å². The molecule has 1 fully saturated rings. The van der Waals surface area contributed by atoms with Crippen molar-refractivity contribution < 1.29 is 39.7 Å². The van der Waals surface area contributed by atoms with Gasteiger partial charge in [0.1, 0.15) is 12.6 Å². The molecule has 2 nitrogen and oxygen atoms in total. The number of alkyl halides is 3. The van der Waals surface area contributed by atoms with Gasteiger partial charge in [-0.1, -0.05) is 42.5 Å². The molecule has 0 saturated carbocycles. The van der Waals surface area contributed by atoms with Gasteiger partial charge in [0.15, 0.2) is 0 Å². The lowest BCUT2D eigenvalue weighted by molar-refractivity contribution is -0.952. The van der Waals surface area contributed by atoms with Crippen LogP contribution in [-0.4, -0.2) is 35.3 Å². The first-order valence-electron chi connectivity index (χ1n) is 9.60. The van der Waals surface area contributed by atoms with Crippen LogP contribution in [-0.2, 0) is 19.1 Å². The zero-order valence-electron chi connectivity index (χ0n) is 15.8. The lowest BCUT2D eigenvalue weighted by atomic mass is 10.1. The molecule has 2 aromatic carbocycles. The highest BCUT2D eigenvalue weighted by atomic mass is 79.9. The first-order valence-corrected chi connectivity index (χ1v) is 9.60. The molecule has 0 bridgehead atoms. The van der Waals surface area contributed by atoms with Gasteiger partial charge < -0.3 is 26.6 Å². The highest BCUT2D eigenvalue weighted by Crippen LogP contribution is 2.33. The highest BCUT2D eigenvalue weighted by Gasteiger charge is 2.41. The molecule has 2 aromatic rings. The highest BCUT2D eigenvalue weighted by molar-refractivity contribution is 5.24. The van der Waals surface area contributed by atoms with Crippen LogP contribution in [0.25, 0.3) is 0 Å². The Balaban J connectivity index is 0.00000280. The number of halogens is 4. The monoisotopic (exact) mass is 457 g/mol. The zero-order valence-corrected chi connectivity index (χ0v) is 17.4. The smallest absolute Gasteiger partial charge is 0.416 e. The molecule has 3 rings (SSSR count). The van der Waals surface area contributed by atoms with Crippen LogP contribution >= 0.6 is 0 Å². The largest absolute Gasteiger partial charge is 1.00 e. The third-order valence-electron chi connectivity index (χ3n) is 5.82. The van der Waals surface area contributed by atoms with E-state index in [0.717, 1.165) is 48.8 Å². The molecule has 2 atom stereocenters. The van der Waals surface area contributed by atoms with Crippen molar-refractivity contribution in [2.45, 2.75) is 44.4 Å². The molecule has 0 aromatic heterocycles. The molecule has 6 heteroatoms. The number of hydrogen-bond donors (Lipinski definition) is 1. The van der Waals surface area contributed by atoms with E-state index in [2.05, 4.69) is 12.1 Å². The van der Waals surface area contributed by atoms with Crippen molar-refractivity contribution in [2.75, 3.05) is 19.7 Å². The van der Waals surface area contributed by atoms with Gasteiger partial charge in [-0.05, 0) is 24.1 Å². The van der Waals surface area contributed by atoms with E-state index in [9.17, 15) is 18.3 Å². The van der Waals surface area contributed by atoms with E-state index in [1.807, 2.05) is 18.2 Å². The number of nitrogens with zero attached hydrogens (tertiary/aromatic N) is 1. The summed E-state index contributed by atoms with van der Waals surface area (Å²) in [7, 11) is 0. The van der Waals surface area contributed by atoms with Crippen molar-refractivity contribution in [3.8, 4) is 0 Å². The van der Waals surface area contributed by atoms with Gasteiger partial charge in [-0.3, -0.25) is 0 Å². The maximum Gasteiger partial charge on any atom is 0.416 e. The Hall–Kier alpha value is -1.37. The van der Waals surface area contributed by atoms with E-state index >= 15 is 0 Å². The fourth-order valence-electron chi connectivity index (χ4n) is 4.35. The van der Waals surface area contributed by atoms with Crippen LogP contribution in [0.2, 0.25) is 0 Å². The number of aryl methyl sites for hydroxylation is 1. The fraction of sp³-hybridized carbons (Fsp3) is 0.455. The van der Waals surface area contributed by atoms with E-state index in [1.165, 1.54) is 17.7 Å². The molecule has 1 aliphatic rings. The summed E-state index contributed by atoms with van der Waals surface area (Å²) < 4.78 is 39.2. The fourth-order valence-corrected chi connectivity index (χ4v) is 4.35. The zero-order chi connectivity index (χ0) is 19.3. The molecule has 0 spiro atoms. The second-order valence-corrected chi connectivity index (χ2v) is 7.59. The summed E-state index contributed by atoms with van der Waals surface area (Å²) in [4.78, 5) is 0. The van der Waals surface area contributed by atoms with E-state index in [-0.39, 0.29) is 29.6 Å². The second-order valence-electron chi connectivity index (χ2n) is 7.59. The Kier molecular flexibility index (Phi) is 8.10. The average molecular weight is 458 g/mol. The number of aliphatic hydroxyl groups is 1. The third kappa shape index (κ3) is 5.58. The summed E-state index contributed by atoms with van der Waals surface area (Å²) in [6.45, 7) is 2.71. The molecule has 1 saturated heterocycles. The van der Waals surface area contributed by atoms with Crippen molar-refractivity contribution in [1.29, 1.82) is 0 Å². The van der Waals surface area contributed by atoms with E-state index < -0.39 is 11.7 Å². The summed E-state index contributed by atoms with van der Waals surface area (Å²) in [6, 6.07) is 16.0. The van der Waals surface area contributed by atoms with Crippen LogP contribution in [0.15, 0.2) is 54.6 Å². The van der Waals surface area contributed by atoms with E-state index in [1.54, 1.807) is 12.1 Å². The topological polar surface area (TPSA) is 20.2 Å². The molecule has 1 unspecified atom stereocenters. The van der Waals surface area contributed by atoms with Gasteiger partial charge in [0.2, 0.25) is 0 Å². The van der Waals surface area contributed by atoms with Crippen molar-refractivity contribution >= 4 is 0 Å². The Morgan fingerprint density at radius 3 is 2.25 bits per heavy atom. The SMILES string of the molecule is OC[C@@H]1CCC[N+]1(CCCc1ccccc1)Cc1ccc(C(F)(F)F)cc1.[Br-]. The predicted molar refractivity (Wildman–Crippen MR) is 100 cm³/mol. The summed E-state index contributed by atoms with van der Waals surface area (Å²) in [5.41, 5.74) is 1.59. The molecular formula is C22H27BrF3NO. The number of hydrogen-bond acceptors (Lipinski definition) is 1. The summed E-state index contributed by atoms with van der Waals surface area (Å²) in [5, 5.41) is 9.88. The second kappa shape index (κ2) is 9.90. The van der Waals surface area contributed by atoms with Crippen LogP contribution in [0.3, 0.4) is 0 Å². The Morgan fingerprint density at radius 2 is 1.64 bits per heavy atom. The normalized spacial score (nSPS) is 22.1. The maximum absolute atomic E-state index is 12.8. The molecule has 1 N–H and O–H groups in total. The van der Waals surface area contributed by atoms with Gasteiger partial charge >= 0.3 is 6.18 Å². The minimum atomic E-state index is -4.30. The molecule has 28 heavy (non-hydrogen) atoms. The lowest BCUT2D eigenvalue weighted by Crippen LogP contribution is -3.00. The van der Waals surface area contributed by atoms with Gasteiger partial charge in [0.25, 0.3) is 0 Å². The summed E-state index contributed by atoms with van der Waals surface area (Å²) in [6.07, 6.45) is -0.297. The van der Waals surface area contributed by atoms with Crippen LogP contribution in [0.1, 0.15) is 36.0 Å². The molecule has 1 aliphatic heterocycles. The maximum atomic E-state index is 12.8. The van der Waals surface area contributed by atoms with E-state index in [4.69, 9.17) is 0 Å². The Labute approximate surface area is 175 Å².